The summed E-state index contributed by atoms with van der Waals surface area (Å²) < 4.78 is 50.6. The van der Waals surface area contributed by atoms with Crippen LogP contribution in [0.25, 0.3) is 0 Å². The first-order valence-corrected chi connectivity index (χ1v) is 5.97. The summed E-state index contributed by atoms with van der Waals surface area (Å²) in [4.78, 5) is 0. The average Bonchev–Trinajstić information content (AvgIpc) is 2.43. The largest absolute Gasteiger partial charge is 0.388 e. The summed E-state index contributed by atoms with van der Waals surface area (Å²) >= 11 is 0. The van der Waals surface area contributed by atoms with Crippen LogP contribution >= 0.6 is 0 Å². The van der Waals surface area contributed by atoms with E-state index in [-0.39, 0.29) is 12.0 Å². The lowest BCUT2D eigenvalue weighted by Crippen LogP contribution is -2.03. The first-order valence-electron chi connectivity index (χ1n) is 5.97. The Balaban J connectivity index is 2.10. The molecule has 1 N–H and O–H groups in total. The third-order valence-electron chi connectivity index (χ3n) is 2.99. The number of benzene rings is 2. The highest BCUT2D eigenvalue weighted by atomic mass is 19.3. The van der Waals surface area contributed by atoms with Crippen molar-refractivity contribution in [1.82, 2.24) is 0 Å². The topological polar surface area (TPSA) is 20.2 Å². The van der Waals surface area contributed by atoms with Crippen LogP contribution < -0.4 is 0 Å². The molecule has 2 rings (SSSR count). The Hall–Kier alpha value is -1.88. The van der Waals surface area contributed by atoms with Gasteiger partial charge in [0.15, 0.2) is 11.6 Å². The van der Waals surface area contributed by atoms with E-state index in [2.05, 4.69) is 0 Å². The van der Waals surface area contributed by atoms with Gasteiger partial charge in [0, 0.05) is 12.0 Å². The van der Waals surface area contributed by atoms with Gasteiger partial charge in [0.1, 0.15) is 0 Å². The van der Waals surface area contributed by atoms with Crippen molar-refractivity contribution >= 4 is 0 Å². The van der Waals surface area contributed by atoms with Crippen LogP contribution in [0.2, 0.25) is 0 Å². The second-order valence-corrected chi connectivity index (χ2v) is 4.44. The van der Waals surface area contributed by atoms with Gasteiger partial charge in [-0.3, -0.25) is 0 Å². The Bertz CT molecular complexity index is 581. The van der Waals surface area contributed by atoms with Crippen molar-refractivity contribution in [2.24, 2.45) is 0 Å². The quantitative estimate of drug-likeness (QED) is 0.835. The van der Waals surface area contributed by atoms with Crippen LogP contribution in [0, 0.1) is 11.6 Å². The Kier molecular flexibility index (Phi) is 4.39. The molecule has 1 nitrogen and oxygen atoms in total. The molecule has 2 aromatic rings. The Labute approximate surface area is 113 Å². The zero-order chi connectivity index (χ0) is 14.7. The molecule has 0 spiro atoms. The molecule has 0 aromatic heterocycles. The standard InChI is InChI=1S/C15H12F4O/c16-12-6-1-9(7-13(12)17)8-14(20)10-2-4-11(5-3-10)15(18)19/h1-7,14-15,20H,8H2. The molecular weight excluding hydrogens is 272 g/mol. The first kappa shape index (κ1) is 14.5. The van der Waals surface area contributed by atoms with Crippen molar-refractivity contribution in [2.75, 3.05) is 0 Å². The molecular formula is C15H12F4O. The van der Waals surface area contributed by atoms with Crippen molar-refractivity contribution in [2.45, 2.75) is 19.0 Å². The van der Waals surface area contributed by atoms with Crippen molar-refractivity contribution in [3.05, 3.63) is 70.8 Å². The number of hydrogen-bond donors (Lipinski definition) is 1. The van der Waals surface area contributed by atoms with E-state index in [1.165, 1.54) is 30.3 Å². The molecule has 0 saturated heterocycles. The molecule has 5 heteroatoms. The SMILES string of the molecule is OC(Cc1ccc(F)c(F)c1)c1ccc(C(F)F)cc1. The van der Waals surface area contributed by atoms with Gasteiger partial charge in [0.2, 0.25) is 0 Å². The highest BCUT2D eigenvalue weighted by Crippen LogP contribution is 2.23. The Morgan fingerprint density at radius 1 is 0.850 bits per heavy atom. The summed E-state index contributed by atoms with van der Waals surface area (Å²) in [7, 11) is 0. The molecule has 0 heterocycles. The van der Waals surface area contributed by atoms with E-state index < -0.39 is 24.2 Å². The van der Waals surface area contributed by atoms with Gasteiger partial charge in [-0.1, -0.05) is 30.3 Å². The molecule has 1 unspecified atom stereocenters. The van der Waals surface area contributed by atoms with Crippen molar-refractivity contribution < 1.29 is 22.7 Å². The fourth-order valence-electron chi connectivity index (χ4n) is 1.87. The maximum atomic E-state index is 13.0. The van der Waals surface area contributed by atoms with E-state index in [9.17, 15) is 22.7 Å². The van der Waals surface area contributed by atoms with Gasteiger partial charge >= 0.3 is 0 Å². The molecule has 0 bridgehead atoms. The molecule has 0 aliphatic carbocycles. The number of alkyl halides is 2. The average molecular weight is 284 g/mol. The highest BCUT2D eigenvalue weighted by molar-refractivity contribution is 5.27. The molecule has 20 heavy (non-hydrogen) atoms. The summed E-state index contributed by atoms with van der Waals surface area (Å²) in [5.41, 5.74) is 0.738. The molecule has 0 saturated carbocycles. The molecule has 1 atom stereocenters. The highest BCUT2D eigenvalue weighted by Gasteiger charge is 2.12. The molecule has 0 aliphatic rings. The summed E-state index contributed by atoms with van der Waals surface area (Å²) in [6.45, 7) is 0. The van der Waals surface area contributed by atoms with Crippen LogP contribution in [0.1, 0.15) is 29.2 Å². The van der Waals surface area contributed by atoms with E-state index in [1.807, 2.05) is 0 Å². The second kappa shape index (κ2) is 6.05. The lowest BCUT2D eigenvalue weighted by atomic mass is 10.0. The Morgan fingerprint density at radius 2 is 1.45 bits per heavy atom. The van der Waals surface area contributed by atoms with Gasteiger partial charge in [-0.25, -0.2) is 17.6 Å². The van der Waals surface area contributed by atoms with Crippen molar-refractivity contribution in [3.63, 3.8) is 0 Å². The lowest BCUT2D eigenvalue weighted by Gasteiger charge is -2.12. The lowest BCUT2D eigenvalue weighted by molar-refractivity contribution is 0.151. The molecule has 0 amide bonds. The van der Waals surface area contributed by atoms with Gasteiger partial charge in [0.25, 0.3) is 6.43 Å². The molecule has 106 valence electrons. The van der Waals surface area contributed by atoms with Gasteiger partial charge in [0.05, 0.1) is 6.10 Å². The summed E-state index contributed by atoms with van der Waals surface area (Å²) in [6.07, 6.45) is -3.45. The predicted molar refractivity (Wildman–Crippen MR) is 66.4 cm³/mol. The van der Waals surface area contributed by atoms with Crippen molar-refractivity contribution in [3.8, 4) is 0 Å². The summed E-state index contributed by atoms with van der Waals surface area (Å²) in [5, 5.41) is 9.96. The number of hydrogen-bond acceptors (Lipinski definition) is 1. The predicted octanol–water partition coefficient (Wildman–Crippen LogP) is 4.18. The first-order chi connectivity index (χ1) is 9.47. The van der Waals surface area contributed by atoms with E-state index in [1.54, 1.807) is 0 Å². The number of aliphatic hydroxyl groups excluding tert-OH is 1. The fourth-order valence-corrected chi connectivity index (χ4v) is 1.87. The third kappa shape index (κ3) is 3.36. The summed E-state index contributed by atoms with van der Waals surface area (Å²) in [5.74, 6) is -1.94. The van der Waals surface area contributed by atoms with Crippen LogP contribution in [-0.4, -0.2) is 5.11 Å². The zero-order valence-corrected chi connectivity index (χ0v) is 10.4. The van der Waals surface area contributed by atoms with Gasteiger partial charge in [-0.15, -0.1) is 0 Å². The van der Waals surface area contributed by atoms with Crippen LogP contribution in [0.5, 0.6) is 0 Å². The van der Waals surface area contributed by atoms with Gasteiger partial charge < -0.3 is 5.11 Å². The van der Waals surface area contributed by atoms with Gasteiger partial charge in [-0.05, 0) is 23.3 Å². The summed E-state index contributed by atoms with van der Waals surface area (Å²) in [6, 6.07) is 8.61. The van der Waals surface area contributed by atoms with Crippen LogP contribution in [0.15, 0.2) is 42.5 Å². The van der Waals surface area contributed by atoms with E-state index >= 15 is 0 Å². The normalized spacial score (nSPS) is 12.7. The molecule has 2 aromatic carbocycles. The van der Waals surface area contributed by atoms with Crippen LogP contribution in [0.3, 0.4) is 0 Å². The third-order valence-corrected chi connectivity index (χ3v) is 2.99. The smallest absolute Gasteiger partial charge is 0.263 e. The van der Waals surface area contributed by atoms with Crippen LogP contribution in [-0.2, 0) is 6.42 Å². The molecule has 0 aliphatic heterocycles. The monoisotopic (exact) mass is 284 g/mol. The second-order valence-electron chi connectivity index (χ2n) is 4.44. The fraction of sp³-hybridized carbons (Fsp3) is 0.200. The minimum Gasteiger partial charge on any atom is -0.388 e. The number of rotatable bonds is 4. The zero-order valence-electron chi connectivity index (χ0n) is 10.4. The Morgan fingerprint density at radius 3 is 2.00 bits per heavy atom. The van der Waals surface area contributed by atoms with E-state index in [4.69, 9.17) is 0 Å². The van der Waals surface area contributed by atoms with Crippen molar-refractivity contribution in [1.29, 1.82) is 0 Å². The van der Waals surface area contributed by atoms with Gasteiger partial charge in [-0.2, -0.15) is 0 Å². The minimum atomic E-state index is -2.56. The molecule has 0 fully saturated rings. The van der Waals surface area contributed by atoms with Crippen LogP contribution in [0.4, 0.5) is 17.6 Å². The van der Waals surface area contributed by atoms with E-state index in [0.29, 0.717) is 11.1 Å². The maximum absolute atomic E-state index is 13.0. The number of halogens is 4. The van der Waals surface area contributed by atoms with E-state index in [0.717, 1.165) is 12.1 Å². The number of aliphatic hydroxyl groups is 1. The maximum Gasteiger partial charge on any atom is 0.263 e. The molecule has 0 radical (unpaired) electrons. The minimum absolute atomic E-state index is 0.0746.